The number of hydrogen-bond acceptors (Lipinski definition) is 3. The highest BCUT2D eigenvalue weighted by Crippen LogP contribution is 2.16. The van der Waals surface area contributed by atoms with Crippen LogP contribution in [0.2, 0.25) is 0 Å². The van der Waals surface area contributed by atoms with Gasteiger partial charge in [0.1, 0.15) is 12.1 Å². The van der Waals surface area contributed by atoms with Crippen LogP contribution < -0.4 is 10.6 Å². The summed E-state index contributed by atoms with van der Waals surface area (Å²) in [4.78, 5) is 36.6. The van der Waals surface area contributed by atoms with E-state index in [9.17, 15) is 14.4 Å². The van der Waals surface area contributed by atoms with Gasteiger partial charge < -0.3 is 10.6 Å². The number of urea groups is 1. The standard InChI is InChI=1S/C15H19N3O3/c1-10(11-7-5-4-6-8-11)16-12(19)9-18-13(20)15(2,3)17-14(18)21/h4-8,10H,9H2,1-3H3,(H,16,19)(H,17,21)/t10-/m0/s1. The van der Waals surface area contributed by atoms with E-state index < -0.39 is 17.5 Å². The van der Waals surface area contributed by atoms with Crippen LogP contribution in [0.4, 0.5) is 4.79 Å². The minimum atomic E-state index is -0.956. The smallest absolute Gasteiger partial charge is 0.325 e. The Kier molecular flexibility index (Phi) is 3.97. The largest absolute Gasteiger partial charge is 0.348 e. The van der Waals surface area contributed by atoms with E-state index >= 15 is 0 Å². The minimum absolute atomic E-state index is 0.188. The highest BCUT2D eigenvalue weighted by atomic mass is 16.2. The van der Waals surface area contributed by atoms with Crippen LogP contribution in [0.1, 0.15) is 32.4 Å². The Labute approximate surface area is 123 Å². The van der Waals surface area contributed by atoms with E-state index in [-0.39, 0.29) is 18.5 Å². The van der Waals surface area contributed by atoms with Crippen LogP contribution in [0.25, 0.3) is 0 Å². The summed E-state index contributed by atoms with van der Waals surface area (Å²) in [6.07, 6.45) is 0. The maximum Gasteiger partial charge on any atom is 0.325 e. The second-order valence-corrected chi connectivity index (χ2v) is 5.65. The lowest BCUT2D eigenvalue weighted by atomic mass is 10.1. The molecule has 1 atom stereocenters. The van der Waals surface area contributed by atoms with Crippen LogP contribution >= 0.6 is 0 Å². The van der Waals surface area contributed by atoms with E-state index in [1.807, 2.05) is 37.3 Å². The van der Waals surface area contributed by atoms with Crippen molar-refractivity contribution in [3.8, 4) is 0 Å². The van der Waals surface area contributed by atoms with E-state index in [0.29, 0.717) is 0 Å². The average molecular weight is 289 g/mol. The van der Waals surface area contributed by atoms with Gasteiger partial charge in [0.25, 0.3) is 5.91 Å². The molecule has 0 radical (unpaired) electrons. The highest BCUT2D eigenvalue weighted by molar-refractivity contribution is 6.08. The average Bonchev–Trinajstić information content (AvgIpc) is 2.62. The summed E-state index contributed by atoms with van der Waals surface area (Å²) in [5.41, 5.74) is 0.00552. The lowest BCUT2D eigenvalue weighted by Crippen LogP contribution is -2.43. The lowest BCUT2D eigenvalue weighted by Gasteiger charge is -2.18. The molecule has 0 aromatic heterocycles. The van der Waals surface area contributed by atoms with Crippen molar-refractivity contribution in [1.82, 2.24) is 15.5 Å². The fourth-order valence-corrected chi connectivity index (χ4v) is 2.22. The van der Waals surface area contributed by atoms with Crippen LogP contribution in [0.5, 0.6) is 0 Å². The quantitative estimate of drug-likeness (QED) is 0.817. The van der Waals surface area contributed by atoms with Crippen LogP contribution in [-0.2, 0) is 9.59 Å². The molecule has 1 aliphatic heterocycles. The summed E-state index contributed by atoms with van der Waals surface area (Å²) >= 11 is 0. The Morgan fingerprint density at radius 2 is 1.90 bits per heavy atom. The third-order valence-electron chi connectivity index (χ3n) is 3.42. The Morgan fingerprint density at radius 1 is 1.29 bits per heavy atom. The molecule has 0 aliphatic carbocycles. The maximum absolute atomic E-state index is 12.0. The maximum atomic E-state index is 12.0. The van der Waals surface area contributed by atoms with Crippen LogP contribution in [-0.4, -0.2) is 34.8 Å². The second kappa shape index (κ2) is 5.55. The fourth-order valence-electron chi connectivity index (χ4n) is 2.22. The summed E-state index contributed by atoms with van der Waals surface area (Å²) in [6, 6.07) is 8.76. The number of amides is 4. The van der Waals surface area contributed by atoms with E-state index in [0.717, 1.165) is 10.5 Å². The number of nitrogens with one attached hydrogen (secondary N) is 2. The molecular formula is C15H19N3O3. The van der Waals surface area contributed by atoms with Crippen molar-refractivity contribution >= 4 is 17.8 Å². The van der Waals surface area contributed by atoms with Crippen molar-refractivity contribution < 1.29 is 14.4 Å². The molecule has 0 bridgehead atoms. The van der Waals surface area contributed by atoms with Gasteiger partial charge in [0.15, 0.2) is 0 Å². The van der Waals surface area contributed by atoms with Gasteiger partial charge in [-0.25, -0.2) is 4.79 Å². The van der Waals surface area contributed by atoms with Crippen LogP contribution in [0.3, 0.4) is 0 Å². The topological polar surface area (TPSA) is 78.5 Å². The predicted octanol–water partition coefficient (Wildman–Crippen LogP) is 1.19. The van der Waals surface area contributed by atoms with Gasteiger partial charge in [-0.3, -0.25) is 14.5 Å². The molecule has 1 aromatic carbocycles. The first-order valence-corrected chi connectivity index (χ1v) is 6.79. The van der Waals surface area contributed by atoms with Crippen molar-refractivity contribution in [1.29, 1.82) is 0 Å². The first-order valence-electron chi connectivity index (χ1n) is 6.79. The molecule has 112 valence electrons. The van der Waals surface area contributed by atoms with Crippen LogP contribution in [0.15, 0.2) is 30.3 Å². The molecule has 1 aromatic rings. The molecule has 6 nitrogen and oxygen atoms in total. The minimum Gasteiger partial charge on any atom is -0.348 e. The van der Waals surface area contributed by atoms with Gasteiger partial charge in [0.2, 0.25) is 5.91 Å². The zero-order chi connectivity index (χ0) is 15.6. The van der Waals surface area contributed by atoms with Gasteiger partial charge >= 0.3 is 6.03 Å². The monoisotopic (exact) mass is 289 g/mol. The van der Waals surface area contributed by atoms with Gasteiger partial charge in [-0.2, -0.15) is 0 Å². The van der Waals surface area contributed by atoms with Gasteiger partial charge in [-0.05, 0) is 26.3 Å². The molecule has 4 amide bonds. The van der Waals surface area contributed by atoms with Crippen LogP contribution in [0, 0.1) is 0 Å². The van der Waals surface area contributed by atoms with Crippen molar-refractivity contribution in [2.75, 3.05) is 6.54 Å². The predicted molar refractivity (Wildman–Crippen MR) is 77.3 cm³/mol. The van der Waals surface area contributed by atoms with Gasteiger partial charge in [-0.1, -0.05) is 30.3 Å². The molecule has 1 aliphatic rings. The summed E-state index contributed by atoms with van der Waals surface area (Å²) in [6.45, 7) is 4.80. The molecule has 0 saturated carbocycles. The van der Waals surface area contributed by atoms with Gasteiger partial charge in [0, 0.05) is 0 Å². The van der Waals surface area contributed by atoms with Crippen molar-refractivity contribution in [3.63, 3.8) is 0 Å². The molecule has 1 fully saturated rings. The van der Waals surface area contributed by atoms with E-state index in [1.165, 1.54) is 0 Å². The number of carbonyl (C=O) groups excluding carboxylic acids is 3. The van der Waals surface area contributed by atoms with E-state index in [2.05, 4.69) is 10.6 Å². The number of nitrogens with zero attached hydrogens (tertiary/aromatic N) is 1. The number of carbonyl (C=O) groups is 3. The number of benzene rings is 1. The molecule has 1 heterocycles. The molecule has 6 heteroatoms. The van der Waals surface area contributed by atoms with Gasteiger partial charge in [-0.15, -0.1) is 0 Å². The van der Waals surface area contributed by atoms with E-state index in [4.69, 9.17) is 0 Å². The first-order chi connectivity index (χ1) is 9.81. The molecular weight excluding hydrogens is 270 g/mol. The fraction of sp³-hybridized carbons (Fsp3) is 0.400. The van der Waals surface area contributed by atoms with Crippen molar-refractivity contribution in [3.05, 3.63) is 35.9 Å². The Hall–Kier alpha value is -2.37. The molecule has 2 rings (SSSR count). The van der Waals surface area contributed by atoms with Crippen molar-refractivity contribution in [2.45, 2.75) is 32.4 Å². The summed E-state index contributed by atoms with van der Waals surface area (Å²) in [5.74, 6) is -0.762. The molecule has 21 heavy (non-hydrogen) atoms. The number of imide groups is 1. The Morgan fingerprint density at radius 3 is 2.43 bits per heavy atom. The Balaban J connectivity index is 1.97. The van der Waals surface area contributed by atoms with E-state index in [1.54, 1.807) is 13.8 Å². The third kappa shape index (κ3) is 3.21. The van der Waals surface area contributed by atoms with Gasteiger partial charge in [0.05, 0.1) is 6.04 Å². The highest BCUT2D eigenvalue weighted by Gasteiger charge is 2.44. The SMILES string of the molecule is C[C@H](NC(=O)CN1C(=O)NC(C)(C)C1=O)c1ccccc1. The molecule has 0 unspecified atom stereocenters. The normalized spacial score (nSPS) is 18.3. The zero-order valence-electron chi connectivity index (χ0n) is 12.3. The molecule has 1 saturated heterocycles. The summed E-state index contributed by atoms with van der Waals surface area (Å²) in [5, 5.41) is 5.32. The second-order valence-electron chi connectivity index (χ2n) is 5.65. The summed E-state index contributed by atoms with van der Waals surface area (Å²) < 4.78 is 0. The Bertz CT molecular complexity index is 569. The summed E-state index contributed by atoms with van der Waals surface area (Å²) in [7, 11) is 0. The number of hydrogen-bond donors (Lipinski definition) is 2. The first kappa shape index (κ1) is 15.0. The molecule has 0 spiro atoms. The molecule has 2 N–H and O–H groups in total. The van der Waals surface area contributed by atoms with Crippen molar-refractivity contribution in [2.24, 2.45) is 0 Å². The zero-order valence-corrected chi connectivity index (χ0v) is 12.3. The lowest BCUT2D eigenvalue weighted by molar-refractivity contribution is -0.134. The third-order valence-corrected chi connectivity index (χ3v) is 3.42. The number of rotatable bonds is 4.